The van der Waals surface area contributed by atoms with Crippen molar-refractivity contribution in [1.82, 2.24) is 4.90 Å². The molecule has 0 aliphatic heterocycles. The van der Waals surface area contributed by atoms with Crippen LogP contribution in [0.2, 0.25) is 0 Å². The molecular weight excluding hydrogens is 252 g/mol. The first-order chi connectivity index (χ1) is 8.47. The average Bonchev–Trinajstić information content (AvgIpc) is 2.27. The fraction of sp³-hybridized carbons (Fsp3) is 0.364. The molecule has 0 heterocycles. The van der Waals surface area contributed by atoms with Crippen LogP contribution < -0.4 is 5.73 Å². The van der Waals surface area contributed by atoms with Gasteiger partial charge in [-0.2, -0.15) is 0 Å². The molecule has 0 fully saturated rings. The van der Waals surface area contributed by atoms with Gasteiger partial charge in [0.15, 0.2) is 0 Å². The molecule has 1 aromatic rings. The molecule has 0 unspecified atom stereocenters. The van der Waals surface area contributed by atoms with Crippen LogP contribution in [0, 0.1) is 11.6 Å². The van der Waals surface area contributed by atoms with Crippen LogP contribution in [-0.4, -0.2) is 36.9 Å². The molecule has 2 N–H and O–H groups in total. The number of carbonyl (C=O) groups is 1. The highest BCUT2D eigenvalue weighted by Gasteiger charge is 2.24. The molecule has 0 radical (unpaired) electrons. The first-order valence-electron chi connectivity index (χ1n) is 5.19. The van der Waals surface area contributed by atoms with Gasteiger partial charge in [0, 0.05) is 13.1 Å². The molecule has 0 bridgehead atoms. The van der Waals surface area contributed by atoms with Crippen LogP contribution in [0.15, 0.2) is 18.2 Å². The van der Waals surface area contributed by atoms with E-state index < -0.39 is 36.1 Å². The smallest absolute Gasteiger partial charge is 0.260 e. The summed E-state index contributed by atoms with van der Waals surface area (Å²) in [6.45, 7) is -1.19. The summed E-state index contributed by atoms with van der Waals surface area (Å²) in [6, 6.07) is 2.86. The Morgan fingerprint density at radius 1 is 1.28 bits per heavy atom. The Morgan fingerprint density at radius 3 is 2.28 bits per heavy atom. The second-order valence-corrected chi connectivity index (χ2v) is 3.53. The summed E-state index contributed by atoms with van der Waals surface area (Å²) < 4.78 is 51.2. The van der Waals surface area contributed by atoms with Gasteiger partial charge in [0.1, 0.15) is 17.2 Å². The minimum Gasteiger partial charge on any atom is -0.331 e. The van der Waals surface area contributed by atoms with Gasteiger partial charge in [0.25, 0.3) is 12.3 Å². The van der Waals surface area contributed by atoms with E-state index in [1.54, 1.807) is 0 Å². The van der Waals surface area contributed by atoms with Crippen molar-refractivity contribution >= 4 is 5.91 Å². The molecule has 0 saturated heterocycles. The number of hydrogen-bond donors (Lipinski definition) is 1. The van der Waals surface area contributed by atoms with Gasteiger partial charge >= 0.3 is 0 Å². The highest BCUT2D eigenvalue weighted by Crippen LogP contribution is 2.15. The van der Waals surface area contributed by atoms with Crippen molar-refractivity contribution in [3.63, 3.8) is 0 Å². The van der Waals surface area contributed by atoms with Crippen LogP contribution in [0.4, 0.5) is 17.6 Å². The third-order valence-corrected chi connectivity index (χ3v) is 2.22. The molecule has 0 aromatic heterocycles. The SMILES string of the molecule is NCCN(CC(F)F)C(=O)c1c(F)cccc1F. The number of nitrogens with zero attached hydrogens (tertiary/aromatic N) is 1. The summed E-state index contributed by atoms with van der Waals surface area (Å²) in [7, 11) is 0. The predicted octanol–water partition coefficient (Wildman–Crippen LogP) is 1.63. The summed E-state index contributed by atoms with van der Waals surface area (Å²) in [5.41, 5.74) is 4.33. The van der Waals surface area contributed by atoms with E-state index in [0.29, 0.717) is 4.90 Å². The van der Waals surface area contributed by atoms with Crippen LogP contribution in [0.1, 0.15) is 10.4 Å². The lowest BCUT2D eigenvalue weighted by atomic mass is 10.1. The van der Waals surface area contributed by atoms with Crippen molar-refractivity contribution in [3.8, 4) is 0 Å². The zero-order valence-electron chi connectivity index (χ0n) is 9.38. The molecule has 3 nitrogen and oxygen atoms in total. The second-order valence-electron chi connectivity index (χ2n) is 3.53. The van der Waals surface area contributed by atoms with E-state index in [4.69, 9.17) is 5.73 Å². The van der Waals surface area contributed by atoms with Gasteiger partial charge in [-0.05, 0) is 12.1 Å². The van der Waals surface area contributed by atoms with Crippen molar-refractivity contribution in [3.05, 3.63) is 35.4 Å². The van der Waals surface area contributed by atoms with Crippen molar-refractivity contribution in [2.45, 2.75) is 6.43 Å². The van der Waals surface area contributed by atoms with Gasteiger partial charge in [-0.3, -0.25) is 4.79 Å². The predicted molar refractivity (Wildman–Crippen MR) is 57.3 cm³/mol. The summed E-state index contributed by atoms with van der Waals surface area (Å²) in [6.07, 6.45) is -2.80. The van der Waals surface area contributed by atoms with Crippen LogP contribution in [-0.2, 0) is 0 Å². The fourth-order valence-corrected chi connectivity index (χ4v) is 1.46. The molecule has 1 amide bonds. The number of nitrogens with two attached hydrogens (primary N) is 1. The number of carbonyl (C=O) groups excluding carboxylic acids is 1. The Balaban J connectivity index is 3.01. The maximum absolute atomic E-state index is 13.3. The van der Waals surface area contributed by atoms with Crippen LogP contribution in [0.3, 0.4) is 0 Å². The lowest BCUT2D eigenvalue weighted by Gasteiger charge is -2.21. The molecule has 0 spiro atoms. The molecule has 0 saturated carbocycles. The summed E-state index contributed by atoms with van der Waals surface area (Å²) in [4.78, 5) is 12.4. The Hall–Kier alpha value is -1.63. The molecule has 1 rings (SSSR count). The Kier molecular flexibility index (Phi) is 5.08. The van der Waals surface area contributed by atoms with Crippen molar-refractivity contribution in [1.29, 1.82) is 0 Å². The molecule has 1 aromatic carbocycles. The first kappa shape index (κ1) is 14.4. The zero-order valence-corrected chi connectivity index (χ0v) is 9.38. The number of halogens is 4. The van der Waals surface area contributed by atoms with Gasteiger partial charge in [-0.1, -0.05) is 6.07 Å². The Bertz CT molecular complexity index is 405. The topological polar surface area (TPSA) is 46.3 Å². The van der Waals surface area contributed by atoms with Gasteiger partial charge < -0.3 is 10.6 Å². The van der Waals surface area contributed by atoms with E-state index in [1.165, 1.54) is 0 Å². The van der Waals surface area contributed by atoms with E-state index in [9.17, 15) is 22.4 Å². The number of hydrogen-bond acceptors (Lipinski definition) is 2. The van der Waals surface area contributed by atoms with Gasteiger partial charge in [0.05, 0.1) is 6.54 Å². The molecular formula is C11H12F4N2O. The van der Waals surface area contributed by atoms with E-state index in [-0.39, 0.29) is 13.1 Å². The van der Waals surface area contributed by atoms with Crippen LogP contribution in [0.5, 0.6) is 0 Å². The fourth-order valence-electron chi connectivity index (χ4n) is 1.46. The largest absolute Gasteiger partial charge is 0.331 e. The van der Waals surface area contributed by atoms with E-state index in [2.05, 4.69) is 0 Å². The standard InChI is InChI=1S/C11H12F4N2O/c12-7-2-1-3-8(13)10(7)11(18)17(5-4-16)6-9(14)15/h1-3,9H,4-6,16H2. The molecule has 0 atom stereocenters. The number of benzene rings is 1. The second kappa shape index (κ2) is 6.34. The van der Waals surface area contributed by atoms with E-state index in [0.717, 1.165) is 18.2 Å². The molecule has 18 heavy (non-hydrogen) atoms. The van der Waals surface area contributed by atoms with E-state index >= 15 is 0 Å². The van der Waals surface area contributed by atoms with Crippen LogP contribution in [0.25, 0.3) is 0 Å². The third-order valence-electron chi connectivity index (χ3n) is 2.22. The lowest BCUT2D eigenvalue weighted by molar-refractivity contribution is 0.0554. The Morgan fingerprint density at radius 2 is 1.83 bits per heavy atom. The Labute approximate surface area is 101 Å². The zero-order chi connectivity index (χ0) is 13.7. The molecule has 0 aliphatic rings. The molecule has 7 heteroatoms. The maximum atomic E-state index is 13.3. The minimum absolute atomic E-state index is 0.0749. The summed E-state index contributed by atoms with van der Waals surface area (Å²) in [5.74, 6) is -3.30. The number of amides is 1. The monoisotopic (exact) mass is 264 g/mol. The molecule has 100 valence electrons. The third kappa shape index (κ3) is 3.43. The van der Waals surface area contributed by atoms with Crippen molar-refractivity contribution in [2.24, 2.45) is 5.73 Å². The van der Waals surface area contributed by atoms with E-state index in [1.807, 2.05) is 0 Å². The minimum atomic E-state index is -2.80. The normalized spacial score (nSPS) is 10.8. The van der Waals surface area contributed by atoms with Crippen molar-refractivity contribution in [2.75, 3.05) is 19.6 Å². The quantitative estimate of drug-likeness (QED) is 0.822. The number of alkyl halides is 2. The summed E-state index contributed by atoms with van der Waals surface area (Å²) >= 11 is 0. The highest BCUT2D eigenvalue weighted by molar-refractivity contribution is 5.94. The van der Waals surface area contributed by atoms with Crippen LogP contribution >= 0.6 is 0 Å². The lowest BCUT2D eigenvalue weighted by Crippen LogP contribution is -2.39. The summed E-state index contributed by atoms with van der Waals surface area (Å²) in [5, 5.41) is 0. The van der Waals surface area contributed by atoms with Crippen molar-refractivity contribution < 1.29 is 22.4 Å². The number of rotatable bonds is 5. The average molecular weight is 264 g/mol. The first-order valence-corrected chi connectivity index (χ1v) is 5.19. The highest BCUT2D eigenvalue weighted by atomic mass is 19.3. The maximum Gasteiger partial charge on any atom is 0.260 e. The van der Waals surface area contributed by atoms with Gasteiger partial charge in [-0.25, -0.2) is 17.6 Å². The van der Waals surface area contributed by atoms with Gasteiger partial charge in [-0.15, -0.1) is 0 Å². The van der Waals surface area contributed by atoms with Gasteiger partial charge in [0.2, 0.25) is 0 Å². The molecule has 0 aliphatic carbocycles.